The number of benzene rings is 2. The van der Waals surface area contributed by atoms with Gasteiger partial charge in [0.15, 0.2) is 0 Å². The fraction of sp³-hybridized carbons (Fsp3) is 0.0476. The van der Waals surface area contributed by atoms with E-state index in [1.165, 1.54) is 6.07 Å². The summed E-state index contributed by atoms with van der Waals surface area (Å²) in [6.45, 7) is 0. The number of fused-ring (bicyclic) bond motifs is 2. The van der Waals surface area contributed by atoms with Crippen molar-refractivity contribution in [2.45, 2.75) is 6.42 Å². The molecule has 6 nitrogen and oxygen atoms in total. The highest BCUT2D eigenvalue weighted by Gasteiger charge is 2.04. The minimum Gasteiger partial charge on any atom is -0.481 e. The minimum absolute atomic E-state index is 0.0230. The molecule has 0 aliphatic carbocycles. The summed E-state index contributed by atoms with van der Waals surface area (Å²) in [4.78, 5) is 29.3. The predicted molar refractivity (Wildman–Crippen MR) is 102 cm³/mol. The SMILES string of the molecule is O=C(O)Cc1ccc2ccccc2n1.O=C(O)c1ccc2ccccc2n1. The molecule has 4 rings (SSSR count). The molecule has 0 aliphatic rings. The van der Waals surface area contributed by atoms with Gasteiger partial charge in [-0.2, -0.15) is 0 Å². The molecule has 0 amide bonds. The summed E-state index contributed by atoms with van der Waals surface area (Å²) in [5.74, 6) is -1.85. The average Bonchev–Trinajstić information content (AvgIpc) is 2.67. The van der Waals surface area contributed by atoms with E-state index in [2.05, 4.69) is 9.97 Å². The predicted octanol–water partition coefficient (Wildman–Crippen LogP) is 3.79. The van der Waals surface area contributed by atoms with Gasteiger partial charge in [0.2, 0.25) is 0 Å². The summed E-state index contributed by atoms with van der Waals surface area (Å²) >= 11 is 0. The van der Waals surface area contributed by atoms with Gasteiger partial charge in [-0.05, 0) is 24.3 Å². The Bertz CT molecular complexity index is 1130. The summed E-state index contributed by atoms with van der Waals surface area (Å²) in [5, 5.41) is 19.3. The minimum atomic E-state index is -0.995. The molecule has 0 atom stereocenters. The van der Waals surface area contributed by atoms with E-state index in [1.54, 1.807) is 18.2 Å². The van der Waals surface area contributed by atoms with E-state index in [9.17, 15) is 9.59 Å². The van der Waals surface area contributed by atoms with Gasteiger partial charge in [-0.1, -0.05) is 48.5 Å². The molecule has 0 spiro atoms. The van der Waals surface area contributed by atoms with Crippen LogP contribution in [-0.4, -0.2) is 32.1 Å². The number of pyridine rings is 2. The molecule has 4 aromatic rings. The van der Waals surface area contributed by atoms with Gasteiger partial charge in [0.05, 0.1) is 23.1 Å². The Hall–Kier alpha value is -3.80. The van der Waals surface area contributed by atoms with Crippen molar-refractivity contribution >= 4 is 33.7 Å². The quantitative estimate of drug-likeness (QED) is 0.576. The van der Waals surface area contributed by atoms with Crippen LogP contribution in [0.2, 0.25) is 0 Å². The fourth-order valence-corrected chi connectivity index (χ4v) is 2.55. The van der Waals surface area contributed by atoms with Crippen LogP contribution < -0.4 is 0 Å². The maximum Gasteiger partial charge on any atom is 0.354 e. The molecule has 0 fully saturated rings. The first-order chi connectivity index (χ1) is 13.0. The van der Waals surface area contributed by atoms with Crippen LogP contribution in [0.5, 0.6) is 0 Å². The number of carboxylic acid groups (broad SMARTS) is 2. The van der Waals surface area contributed by atoms with Gasteiger partial charge in [-0.25, -0.2) is 9.78 Å². The van der Waals surface area contributed by atoms with Crippen molar-refractivity contribution in [3.05, 3.63) is 84.2 Å². The normalized spacial score (nSPS) is 10.2. The molecule has 0 unspecified atom stereocenters. The van der Waals surface area contributed by atoms with Crippen LogP contribution in [-0.2, 0) is 11.2 Å². The molecule has 134 valence electrons. The standard InChI is InChI=1S/C11H9NO2.C10H7NO2/c13-11(14)7-9-6-5-8-3-1-2-4-10(8)12-9;12-10(13)9-6-5-7-3-1-2-4-8(7)11-9/h1-6H,7H2,(H,13,14);1-6H,(H,12,13). The second-order valence-corrected chi connectivity index (χ2v) is 5.76. The van der Waals surface area contributed by atoms with E-state index in [0.717, 1.165) is 16.3 Å². The number of carboxylic acids is 2. The molecule has 2 aromatic carbocycles. The first-order valence-corrected chi connectivity index (χ1v) is 8.18. The second kappa shape index (κ2) is 8.05. The van der Waals surface area contributed by atoms with Crippen molar-refractivity contribution < 1.29 is 19.8 Å². The number of para-hydroxylation sites is 2. The van der Waals surface area contributed by atoms with Crippen LogP contribution >= 0.6 is 0 Å². The van der Waals surface area contributed by atoms with E-state index in [1.807, 2.05) is 48.5 Å². The lowest BCUT2D eigenvalue weighted by Crippen LogP contribution is -2.01. The van der Waals surface area contributed by atoms with Crippen LogP contribution in [0.3, 0.4) is 0 Å². The van der Waals surface area contributed by atoms with Crippen molar-refractivity contribution in [1.29, 1.82) is 0 Å². The van der Waals surface area contributed by atoms with Gasteiger partial charge in [0, 0.05) is 10.8 Å². The lowest BCUT2D eigenvalue weighted by molar-refractivity contribution is -0.136. The molecule has 2 heterocycles. The molecule has 6 heteroatoms. The third-order valence-corrected chi connectivity index (χ3v) is 3.81. The Morgan fingerprint density at radius 2 is 1.26 bits per heavy atom. The summed E-state index contributed by atoms with van der Waals surface area (Å²) in [6, 6.07) is 22.0. The Balaban J connectivity index is 0.000000156. The average molecular weight is 360 g/mol. The maximum atomic E-state index is 10.6. The third kappa shape index (κ3) is 4.64. The summed E-state index contributed by atoms with van der Waals surface area (Å²) in [5.41, 5.74) is 2.23. The van der Waals surface area contributed by atoms with E-state index in [4.69, 9.17) is 10.2 Å². The van der Waals surface area contributed by atoms with Crippen molar-refractivity contribution in [3.8, 4) is 0 Å². The van der Waals surface area contributed by atoms with Crippen molar-refractivity contribution in [3.63, 3.8) is 0 Å². The zero-order chi connectivity index (χ0) is 19.2. The Morgan fingerprint density at radius 1 is 0.704 bits per heavy atom. The molecule has 0 radical (unpaired) electrons. The highest BCUT2D eigenvalue weighted by Crippen LogP contribution is 2.12. The fourth-order valence-electron chi connectivity index (χ4n) is 2.55. The molecule has 2 aromatic heterocycles. The first kappa shape index (κ1) is 18.0. The Kier molecular flexibility index (Phi) is 5.37. The molecule has 0 saturated carbocycles. The molecule has 0 aliphatic heterocycles. The molecular weight excluding hydrogens is 344 g/mol. The summed E-state index contributed by atoms with van der Waals surface area (Å²) in [7, 11) is 0. The lowest BCUT2D eigenvalue weighted by Gasteiger charge is -1.99. The Morgan fingerprint density at radius 3 is 1.85 bits per heavy atom. The number of aliphatic carboxylic acids is 1. The number of carbonyl (C=O) groups is 2. The van der Waals surface area contributed by atoms with Gasteiger partial charge in [0.1, 0.15) is 5.69 Å². The van der Waals surface area contributed by atoms with Crippen LogP contribution in [0.15, 0.2) is 72.8 Å². The first-order valence-electron chi connectivity index (χ1n) is 8.18. The van der Waals surface area contributed by atoms with Crippen LogP contribution in [0.25, 0.3) is 21.8 Å². The van der Waals surface area contributed by atoms with Crippen LogP contribution in [0, 0.1) is 0 Å². The number of rotatable bonds is 3. The second-order valence-electron chi connectivity index (χ2n) is 5.76. The van der Waals surface area contributed by atoms with Crippen LogP contribution in [0.1, 0.15) is 16.2 Å². The summed E-state index contributed by atoms with van der Waals surface area (Å²) < 4.78 is 0. The zero-order valence-corrected chi connectivity index (χ0v) is 14.2. The van der Waals surface area contributed by atoms with E-state index < -0.39 is 11.9 Å². The van der Waals surface area contributed by atoms with Crippen LogP contribution in [0.4, 0.5) is 0 Å². The largest absolute Gasteiger partial charge is 0.481 e. The molecule has 27 heavy (non-hydrogen) atoms. The number of nitrogens with zero attached hydrogens (tertiary/aromatic N) is 2. The van der Waals surface area contributed by atoms with Gasteiger partial charge in [0.25, 0.3) is 0 Å². The highest BCUT2D eigenvalue weighted by atomic mass is 16.4. The smallest absolute Gasteiger partial charge is 0.354 e. The van der Waals surface area contributed by atoms with E-state index in [-0.39, 0.29) is 12.1 Å². The van der Waals surface area contributed by atoms with E-state index in [0.29, 0.717) is 11.2 Å². The molecule has 0 bridgehead atoms. The maximum absolute atomic E-state index is 10.6. The van der Waals surface area contributed by atoms with Gasteiger partial charge < -0.3 is 10.2 Å². The van der Waals surface area contributed by atoms with Gasteiger partial charge >= 0.3 is 11.9 Å². The van der Waals surface area contributed by atoms with Gasteiger partial charge in [-0.15, -0.1) is 0 Å². The number of aromatic carboxylic acids is 1. The number of aromatic nitrogens is 2. The van der Waals surface area contributed by atoms with Crippen molar-refractivity contribution in [1.82, 2.24) is 9.97 Å². The molecule has 2 N–H and O–H groups in total. The lowest BCUT2D eigenvalue weighted by atomic mass is 10.2. The molecule has 0 saturated heterocycles. The van der Waals surface area contributed by atoms with Gasteiger partial charge in [-0.3, -0.25) is 9.78 Å². The van der Waals surface area contributed by atoms with Crippen molar-refractivity contribution in [2.75, 3.05) is 0 Å². The molecular formula is C21H16N2O4. The highest BCUT2D eigenvalue weighted by molar-refractivity contribution is 5.89. The third-order valence-electron chi connectivity index (χ3n) is 3.81. The summed E-state index contributed by atoms with van der Waals surface area (Å²) in [6.07, 6.45) is -0.0230. The number of hydrogen-bond donors (Lipinski definition) is 2. The Labute approximate surface area is 154 Å². The topological polar surface area (TPSA) is 100 Å². The number of hydrogen-bond acceptors (Lipinski definition) is 4. The van der Waals surface area contributed by atoms with Crippen molar-refractivity contribution in [2.24, 2.45) is 0 Å². The van der Waals surface area contributed by atoms with E-state index >= 15 is 0 Å². The zero-order valence-electron chi connectivity index (χ0n) is 14.2. The monoisotopic (exact) mass is 360 g/mol.